The Bertz CT molecular complexity index is 208. The minimum atomic E-state index is 0.212. The maximum Gasteiger partial charge on any atom is 0.219 e. The number of likely N-dealkylation sites (tertiary alicyclic amines) is 1. The number of piperidine rings is 1. The van der Waals surface area contributed by atoms with Gasteiger partial charge in [-0.25, -0.2) is 0 Å². The zero-order chi connectivity index (χ0) is 9.84. The molecule has 2 heteroatoms. The fraction of sp³-hybridized carbons (Fsp3) is 0.727. The fourth-order valence-electron chi connectivity index (χ4n) is 1.75. The number of rotatable bonds is 1. The highest BCUT2D eigenvalue weighted by molar-refractivity contribution is 5.73. The summed E-state index contributed by atoms with van der Waals surface area (Å²) in [5.74, 6) is 0.850. The van der Waals surface area contributed by atoms with Crippen LogP contribution >= 0.6 is 0 Å². The van der Waals surface area contributed by atoms with Gasteiger partial charge in [0.1, 0.15) is 0 Å². The van der Waals surface area contributed by atoms with Gasteiger partial charge < -0.3 is 4.90 Å². The van der Waals surface area contributed by atoms with E-state index in [1.54, 1.807) is 6.92 Å². The van der Waals surface area contributed by atoms with E-state index in [0.717, 1.165) is 25.9 Å². The third-order valence-electron chi connectivity index (χ3n) is 2.42. The van der Waals surface area contributed by atoms with Gasteiger partial charge in [-0.05, 0) is 18.8 Å². The predicted octanol–water partition coefficient (Wildman–Crippen LogP) is 2.21. The third kappa shape index (κ3) is 3.21. The molecule has 2 nitrogen and oxygen atoms in total. The third-order valence-corrected chi connectivity index (χ3v) is 2.42. The van der Waals surface area contributed by atoms with Gasteiger partial charge in [-0.15, -0.1) is 0 Å². The Hall–Kier alpha value is -0.790. The Morgan fingerprint density at radius 1 is 1.38 bits per heavy atom. The largest absolute Gasteiger partial charge is 0.342 e. The summed E-state index contributed by atoms with van der Waals surface area (Å²) in [5, 5.41) is 0. The Kier molecular flexibility index (Phi) is 3.52. The summed E-state index contributed by atoms with van der Waals surface area (Å²) in [6.07, 6.45) is 4.47. The first-order valence-corrected chi connectivity index (χ1v) is 5.04. The van der Waals surface area contributed by atoms with Crippen molar-refractivity contribution in [3.8, 4) is 0 Å². The molecule has 0 aromatic heterocycles. The number of hydrogen-bond donors (Lipinski definition) is 0. The van der Waals surface area contributed by atoms with Crippen LogP contribution in [0, 0.1) is 5.92 Å². The second kappa shape index (κ2) is 4.45. The van der Waals surface area contributed by atoms with Crippen LogP contribution < -0.4 is 0 Å². The summed E-state index contributed by atoms with van der Waals surface area (Å²) in [6, 6.07) is 0. The Morgan fingerprint density at radius 2 is 1.92 bits per heavy atom. The summed E-state index contributed by atoms with van der Waals surface area (Å²) in [4.78, 5) is 13.0. The molecule has 1 heterocycles. The van der Waals surface area contributed by atoms with Crippen LogP contribution in [0.4, 0.5) is 0 Å². The molecule has 1 rings (SSSR count). The average Bonchev–Trinajstić information content (AvgIpc) is 2.04. The van der Waals surface area contributed by atoms with Crippen molar-refractivity contribution >= 4 is 5.91 Å². The second-order valence-electron chi connectivity index (χ2n) is 4.07. The zero-order valence-corrected chi connectivity index (χ0v) is 8.84. The molecule has 0 bridgehead atoms. The standard InChI is InChI=1S/C11H19NO/c1-9(2)8-11-4-6-12(7-5-11)10(3)13/h8-9H,4-7H2,1-3H3. The lowest BCUT2D eigenvalue weighted by molar-refractivity contribution is -0.129. The minimum absolute atomic E-state index is 0.212. The van der Waals surface area contributed by atoms with Crippen LogP contribution in [0.25, 0.3) is 0 Å². The van der Waals surface area contributed by atoms with E-state index in [-0.39, 0.29) is 5.91 Å². The lowest BCUT2D eigenvalue weighted by Gasteiger charge is -2.27. The number of carbonyl (C=O) groups excluding carboxylic acids is 1. The molecule has 0 atom stereocenters. The normalized spacial score (nSPS) is 17.8. The molecular weight excluding hydrogens is 162 g/mol. The van der Waals surface area contributed by atoms with Gasteiger partial charge in [0.05, 0.1) is 0 Å². The fourth-order valence-corrected chi connectivity index (χ4v) is 1.75. The first-order valence-electron chi connectivity index (χ1n) is 5.04. The monoisotopic (exact) mass is 181 g/mol. The molecule has 0 unspecified atom stereocenters. The van der Waals surface area contributed by atoms with Gasteiger partial charge in [-0.3, -0.25) is 4.79 Å². The Labute approximate surface area is 80.6 Å². The maximum atomic E-state index is 11.0. The maximum absolute atomic E-state index is 11.0. The molecule has 0 radical (unpaired) electrons. The molecule has 1 amide bonds. The summed E-state index contributed by atoms with van der Waals surface area (Å²) < 4.78 is 0. The number of carbonyl (C=O) groups is 1. The molecule has 13 heavy (non-hydrogen) atoms. The lowest BCUT2D eigenvalue weighted by atomic mass is 10.00. The predicted molar refractivity (Wildman–Crippen MR) is 54.4 cm³/mol. The molecule has 74 valence electrons. The first-order chi connectivity index (χ1) is 6.09. The molecule has 0 aromatic carbocycles. The van der Waals surface area contributed by atoms with Crippen LogP contribution in [0.3, 0.4) is 0 Å². The summed E-state index contributed by atoms with van der Waals surface area (Å²) >= 11 is 0. The van der Waals surface area contributed by atoms with Gasteiger partial charge in [-0.2, -0.15) is 0 Å². The quantitative estimate of drug-likeness (QED) is 0.568. The highest BCUT2D eigenvalue weighted by atomic mass is 16.2. The van der Waals surface area contributed by atoms with E-state index in [1.807, 2.05) is 4.90 Å². The van der Waals surface area contributed by atoms with E-state index in [2.05, 4.69) is 19.9 Å². The van der Waals surface area contributed by atoms with Crippen LogP contribution in [0.1, 0.15) is 33.6 Å². The molecule has 0 N–H and O–H groups in total. The SMILES string of the molecule is CC(=O)N1CCC(=CC(C)C)CC1. The van der Waals surface area contributed by atoms with Gasteiger partial charge in [-0.1, -0.05) is 25.5 Å². The first kappa shape index (κ1) is 10.3. The van der Waals surface area contributed by atoms with Crippen LogP contribution in [-0.2, 0) is 4.79 Å². The van der Waals surface area contributed by atoms with Crippen LogP contribution in [0.2, 0.25) is 0 Å². The van der Waals surface area contributed by atoms with Gasteiger partial charge in [0.2, 0.25) is 5.91 Å². The van der Waals surface area contributed by atoms with Crippen molar-refractivity contribution in [3.05, 3.63) is 11.6 Å². The number of hydrogen-bond acceptors (Lipinski definition) is 1. The van der Waals surface area contributed by atoms with E-state index in [4.69, 9.17) is 0 Å². The van der Waals surface area contributed by atoms with Gasteiger partial charge in [0.25, 0.3) is 0 Å². The highest BCUT2D eigenvalue weighted by Gasteiger charge is 2.15. The molecule has 0 saturated carbocycles. The minimum Gasteiger partial charge on any atom is -0.342 e. The van der Waals surface area contributed by atoms with Crippen molar-refractivity contribution in [1.82, 2.24) is 4.90 Å². The topological polar surface area (TPSA) is 20.3 Å². The van der Waals surface area contributed by atoms with Gasteiger partial charge in [0.15, 0.2) is 0 Å². The van der Waals surface area contributed by atoms with Crippen molar-refractivity contribution in [3.63, 3.8) is 0 Å². The highest BCUT2D eigenvalue weighted by Crippen LogP contribution is 2.17. The molecule has 1 saturated heterocycles. The van der Waals surface area contributed by atoms with Crippen molar-refractivity contribution in [1.29, 1.82) is 0 Å². The molecule has 1 aliphatic heterocycles. The summed E-state index contributed by atoms with van der Waals surface area (Å²) in [7, 11) is 0. The Morgan fingerprint density at radius 3 is 2.31 bits per heavy atom. The number of allylic oxidation sites excluding steroid dienone is 1. The van der Waals surface area contributed by atoms with Crippen molar-refractivity contribution in [2.24, 2.45) is 5.92 Å². The molecule has 0 spiro atoms. The molecule has 1 fully saturated rings. The van der Waals surface area contributed by atoms with E-state index in [9.17, 15) is 4.79 Å². The molecular formula is C11H19NO. The molecule has 0 aromatic rings. The summed E-state index contributed by atoms with van der Waals surface area (Å²) in [6.45, 7) is 7.87. The average molecular weight is 181 g/mol. The van der Waals surface area contributed by atoms with E-state index < -0.39 is 0 Å². The van der Waals surface area contributed by atoms with Gasteiger partial charge in [0, 0.05) is 20.0 Å². The smallest absolute Gasteiger partial charge is 0.219 e. The molecule has 0 aliphatic carbocycles. The van der Waals surface area contributed by atoms with Crippen molar-refractivity contribution < 1.29 is 4.79 Å². The van der Waals surface area contributed by atoms with Crippen LogP contribution in [0.15, 0.2) is 11.6 Å². The van der Waals surface area contributed by atoms with Crippen LogP contribution in [-0.4, -0.2) is 23.9 Å². The van der Waals surface area contributed by atoms with E-state index >= 15 is 0 Å². The second-order valence-corrected chi connectivity index (χ2v) is 4.07. The Balaban J connectivity index is 2.43. The van der Waals surface area contributed by atoms with Gasteiger partial charge >= 0.3 is 0 Å². The lowest BCUT2D eigenvalue weighted by Crippen LogP contribution is -2.34. The molecule has 1 aliphatic rings. The summed E-state index contributed by atoms with van der Waals surface area (Å²) in [5.41, 5.74) is 1.52. The number of amides is 1. The van der Waals surface area contributed by atoms with E-state index in [1.165, 1.54) is 5.57 Å². The van der Waals surface area contributed by atoms with Crippen LogP contribution in [0.5, 0.6) is 0 Å². The van der Waals surface area contributed by atoms with E-state index in [0.29, 0.717) is 5.92 Å². The zero-order valence-electron chi connectivity index (χ0n) is 8.84. The number of nitrogens with zero attached hydrogens (tertiary/aromatic N) is 1. The van der Waals surface area contributed by atoms with Crippen molar-refractivity contribution in [2.45, 2.75) is 33.6 Å². The van der Waals surface area contributed by atoms with Crippen molar-refractivity contribution in [2.75, 3.05) is 13.1 Å².